The van der Waals surface area contributed by atoms with E-state index < -0.39 is 0 Å². The summed E-state index contributed by atoms with van der Waals surface area (Å²) in [5.41, 5.74) is 0. The van der Waals surface area contributed by atoms with Crippen LogP contribution in [0.5, 0.6) is 0 Å². The van der Waals surface area contributed by atoms with Gasteiger partial charge in [-0.05, 0) is 82.0 Å². The Balaban J connectivity index is 1.64. The summed E-state index contributed by atoms with van der Waals surface area (Å²) < 4.78 is 0. The van der Waals surface area contributed by atoms with Gasteiger partial charge in [0.1, 0.15) is 0 Å². The largest absolute Gasteiger partial charge is 0.0914 e. The second-order valence-corrected chi connectivity index (χ2v) is 7.51. The van der Waals surface area contributed by atoms with Crippen LogP contribution in [0.15, 0.2) is 24.3 Å². The summed E-state index contributed by atoms with van der Waals surface area (Å²) in [7, 11) is 0. The van der Waals surface area contributed by atoms with Crippen molar-refractivity contribution in [3.05, 3.63) is 24.3 Å². The molecule has 120 valence electrons. The van der Waals surface area contributed by atoms with E-state index >= 15 is 0 Å². The SMILES string of the molecule is C/C=C/C1CCC(/C=C/C2CCC(CCCC)CC2)CC1. The molecule has 0 atom stereocenters. The Morgan fingerprint density at radius 2 is 1.19 bits per heavy atom. The van der Waals surface area contributed by atoms with Crippen molar-refractivity contribution in [2.75, 3.05) is 0 Å². The number of unbranched alkanes of at least 4 members (excludes halogenated alkanes) is 1. The molecule has 0 aromatic rings. The third kappa shape index (κ3) is 6.01. The lowest BCUT2D eigenvalue weighted by atomic mass is 9.78. The van der Waals surface area contributed by atoms with Crippen molar-refractivity contribution in [3.63, 3.8) is 0 Å². The lowest BCUT2D eigenvalue weighted by Gasteiger charge is -2.28. The fourth-order valence-electron chi connectivity index (χ4n) is 4.28. The van der Waals surface area contributed by atoms with Crippen LogP contribution in [0.2, 0.25) is 0 Å². The first-order chi connectivity index (χ1) is 10.3. The monoisotopic (exact) mass is 288 g/mol. The van der Waals surface area contributed by atoms with Gasteiger partial charge in [0, 0.05) is 0 Å². The lowest BCUT2D eigenvalue weighted by molar-refractivity contribution is 0.288. The van der Waals surface area contributed by atoms with E-state index in [1.54, 1.807) is 0 Å². The van der Waals surface area contributed by atoms with Crippen molar-refractivity contribution in [2.45, 2.75) is 84.5 Å². The van der Waals surface area contributed by atoms with E-state index in [1.807, 2.05) is 0 Å². The summed E-state index contributed by atoms with van der Waals surface area (Å²) in [6, 6.07) is 0. The summed E-state index contributed by atoms with van der Waals surface area (Å²) in [6.07, 6.45) is 25.7. The minimum Gasteiger partial charge on any atom is -0.0914 e. The van der Waals surface area contributed by atoms with Gasteiger partial charge in [0.2, 0.25) is 0 Å². The standard InChI is InChI=1S/C21H36/c1-3-5-7-19-10-14-21(15-11-19)17-16-20-12-8-18(6-4-2)9-13-20/h4,6,16-21H,3,5,7-15H2,1-2H3/b6-4+,17-16+. The van der Waals surface area contributed by atoms with E-state index in [0.29, 0.717) is 0 Å². The highest BCUT2D eigenvalue weighted by atomic mass is 14.3. The Hall–Kier alpha value is -0.520. The molecule has 21 heavy (non-hydrogen) atoms. The molecule has 0 unspecified atom stereocenters. The van der Waals surface area contributed by atoms with Crippen LogP contribution in [0.1, 0.15) is 84.5 Å². The molecule has 0 bridgehead atoms. The van der Waals surface area contributed by atoms with Gasteiger partial charge in [-0.15, -0.1) is 0 Å². The predicted octanol–water partition coefficient (Wildman–Crippen LogP) is 6.92. The second-order valence-electron chi connectivity index (χ2n) is 7.51. The molecular formula is C21H36. The van der Waals surface area contributed by atoms with Crippen molar-refractivity contribution in [1.29, 1.82) is 0 Å². The molecule has 2 fully saturated rings. The first kappa shape index (κ1) is 16.8. The summed E-state index contributed by atoms with van der Waals surface area (Å²) >= 11 is 0. The molecule has 0 heterocycles. The summed E-state index contributed by atoms with van der Waals surface area (Å²) in [5, 5.41) is 0. The van der Waals surface area contributed by atoms with Crippen molar-refractivity contribution < 1.29 is 0 Å². The molecule has 0 aromatic heterocycles. The molecule has 0 heteroatoms. The van der Waals surface area contributed by atoms with E-state index in [-0.39, 0.29) is 0 Å². The zero-order chi connectivity index (χ0) is 14.9. The average molecular weight is 289 g/mol. The molecule has 0 aliphatic heterocycles. The quantitative estimate of drug-likeness (QED) is 0.465. The van der Waals surface area contributed by atoms with Crippen molar-refractivity contribution in [1.82, 2.24) is 0 Å². The highest BCUT2D eigenvalue weighted by Gasteiger charge is 2.20. The molecule has 2 aliphatic carbocycles. The smallest absolute Gasteiger partial charge is 0.0233 e. The van der Waals surface area contributed by atoms with E-state index in [4.69, 9.17) is 0 Å². The van der Waals surface area contributed by atoms with Crippen LogP contribution < -0.4 is 0 Å². The van der Waals surface area contributed by atoms with Crippen LogP contribution >= 0.6 is 0 Å². The van der Waals surface area contributed by atoms with Crippen LogP contribution in [-0.4, -0.2) is 0 Å². The molecule has 0 nitrogen and oxygen atoms in total. The first-order valence-corrected chi connectivity index (χ1v) is 9.63. The molecule has 0 aromatic carbocycles. The fraction of sp³-hybridized carbons (Fsp3) is 0.810. The van der Waals surface area contributed by atoms with Gasteiger partial charge in [-0.25, -0.2) is 0 Å². The molecule has 0 saturated heterocycles. The van der Waals surface area contributed by atoms with E-state index in [2.05, 4.69) is 38.2 Å². The van der Waals surface area contributed by atoms with Crippen LogP contribution in [0.25, 0.3) is 0 Å². The highest BCUT2D eigenvalue weighted by Crippen LogP contribution is 2.34. The number of allylic oxidation sites excluding steroid dienone is 4. The molecule has 0 spiro atoms. The van der Waals surface area contributed by atoms with Crippen LogP contribution in [0.4, 0.5) is 0 Å². The zero-order valence-corrected chi connectivity index (χ0v) is 14.4. The average Bonchev–Trinajstić information content (AvgIpc) is 2.53. The molecular weight excluding hydrogens is 252 g/mol. The van der Waals surface area contributed by atoms with Crippen molar-refractivity contribution in [2.24, 2.45) is 23.7 Å². The van der Waals surface area contributed by atoms with Gasteiger partial charge < -0.3 is 0 Å². The van der Waals surface area contributed by atoms with Crippen molar-refractivity contribution in [3.8, 4) is 0 Å². The molecule has 0 N–H and O–H groups in total. The second kappa shape index (κ2) is 9.49. The highest BCUT2D eigenvalue weighted by molar-refractivity contribution is 4.98. The van der Waals surface area contributed by atoms with E-state index in [0.717, 1.165) is 23.7 Å². The Kier molecular flexibility index (Phi) is 7.61. The van der Waals surface area contributed by atoms with E-state index in [1.165, 1.54) is 70.6 Å². The van der Waals surface area contributed by atoms with Gasteiger partial charge in [0.25, 0.3) is 0 Å². The van der Waals surface area contributed by atoms with Gasteiger partial charge in [-0.3, -0.25) is 0 Å². The maximum absolute atomic E-state index is 2.59. The zero-order valence-electron chi connectivity index (χ0n) is 14.4. The third-order valence-electron chi connectivity index (χ3n) is 5.79. The number of rotatable bonds is 6. The topological polar surface area (TPSA) is 0 Å². The van der Waals surface area contributed by atoms with Gasteiger partial charge in [0.05, 0.1) is 0 Å². The summed E-state index contributed by atoms with van der Waals surface area (Å²) in [4.78, 5) is 0. The molecule has 2 aliphatic rings. The molecule has 2 rings (SSSR count). The van der Waals surface area contributed by atoms with Gasteiger partial charge in [-0.1, -0.05) is 50.5 Å². The molecule has 2 saturated carbocycles. The normalized spacial score (nSPS) is 34.8. The fourth-order valence-corrected chi connectivity index (χ4v) is 4.28. The molecule has 0 radical (unpaired) electrons. The van der Waals surface area contributed by atoms with Gasteiger partial charge in [-0.2, -0.15) is 0 Å². The van der Waals surface area contributed by atoms with Gasteiger partial charge in [0.15, 0.2) is 0 Å². The van der Waals surface area contributed by atoms with Crippen LogP contribution in [0.3, 0.4) is 0 Å². The van der Waals surface area contributed by atoms with Crippen molar-refractivity contribution >= 4 is 0 Å². The summed E-state index contributed by atoms with van der Waals surface area (Å²) in [5.74, 6) is 3.69. The van der Waals surface area contributed by atoms with Crippen LogP contribution in [-0.2, 0) is 0 Å². The maximum Gasteiger partial charge on any atom is -0.0233 e. The number of hydrogen-bond acceptors (Lipinski definition) is 0. The Bertz CT molecular complexity index is 309. The lowest BCUT2D eigenvalue weighted by Crippen LogP contribution is -2.14. The minimum absolute atomic E-state index is 0.869. The van der Waals surface area contributed by atoms with Gasteiger partial charge >= 0.3 is 0 Å². The third-order valence-corrected chi connectivity index (χ3v) is 5.79. The number of hydrogen-bond donors (Lipinski definition) is 0. The minimum atomic E-state index is 0.869. The maximum atomic E-state index is 2.59. The Morgan fingerprint density at radius 1 is 0.714 bits per heavy atom. The first-order valence-electron chi connectivity index (χ1n) is 9.63. The Labute approximate surface area is 133 Å². The summed E-state index contributed by atoms with van der Waals surface area (Å²) in [6.45, 7) is 4.47. The van der Waals surface area contributed by atoms with Crippen LogP contribution in [0, 0.1) is 23.7 Å². The van der Waals surface area contributed by atoms with E-state index in [9.17, 15) is 0 Å². The molecule has 0 amide bonds. The Morgan fingerprint density at radius 3 is 1.67 bits per heavy atom. The predicted molar refractivity (Wildman–Crippen MR) is 94.4 cm³/mol.